The van der Waals surface area contributed by atoms with E-state index in [4.69, 9.17) is 14.2 Å². The molecule has 142 valence electrons. The predicted octanol–water partition coefficient (Wildman–Crippen LogP) is 2.22. The summed E-state index contributed by atoms with van der Waals surface area (Å²) in [4.78, 5) is 24.4. The maximum absolute atomic E-state index is 12.2. The van der Waals surface area contributed by atoms with Gasteiger partial charge in [-0.1, -0.05) is 13.8 Å². The van der Waals surface area contributed by atoms with Crippen LogP contribution in [0.3, 0.4) is 0 Å². The van der Waals surface area contributed by atoms with Crippen LogP contribution < -0.4 is 0 Å². The first kappa shape index (κ1) is 18.6. The molecule has 3 aliphatic rings. The number of rotatable bonds is 6. The van der Waals surface area contributed by atoms with Gasteiger partial charge in [0.1, 0.15) is 0 Å². The fraction of sp³-hybridized carbons (Fsp3) is 0.895. The lowest BCUT2D eigenvalue weighted by atomic mass is 9.87. The van der Waals surface area contributed by atoms with Crippen molar-refractivity contribution >= 4 is 11.9 Å². The van der Waals surface area contributed by atoms with E-state index in [0.717, 1.165) is 19.3 Å². The van der Waals surface area contributed by atoms with E-state index < -0.39 is 5.41 Å². The summed E-state index contributed by atoms with van der Waals surface area (Å²) in [7, 11) is 0. The lowest BCUT2D eigenvalue weighted by Gasteiger charge is -2.28. The van der Waals surface area contributed by atoms with Crippen molar-refractivity contribution in [1.82, 2.24) is 0 Å². The van der Waals surface area contributed by atoms with Crippen molar-refractivity contribution in [2.75, 3.05) is 13.2 Å². The number of epoxide rings is 1. The molecule has 25 heavy (non-hydrogen) atoms. The normalized spacial score (nSPS) is 34.8. The average molecular weight is 354 g/mol. The summed E-state index contributed by atoms with van der Waals surface area (Å²) in [6.07, 6.45) is 5.59. The van der Waals surface area contributed by atoms with Crippen molar-refractivity contribution in [3.8, 4) is 0 Å². The molecule has 6 nitrogen and oxygen atoms in total. The number of hydrogen-bond acceptors (Lipinski definition) is 6. The second kappa shape index (κ2) is 7.62. The van der Waals surface area contributed by atoms with Gasteiger partial charge in [0.15, 0.2) is 0 Å². The zero-order valence-corrected chi connectivity index (χ0v) is 15.2. The monoisotopic (exact) mass is 354 g/mol. The molecule has 2 aliphatic carbocycles. The molecule has 1 heterocycles. The molecule has 6 heteroatoms. The van der Waals surface area contributed by atoms with Crippen molar-refractivity contribution in [3.05, 3.63) is 0 Å². The van der Waals surface area contributed by atoms with Crippen molar-refractivity contribution in [2.45, 2.75) is 77.1 Å². The maximum Gasteiger partial charge on any atom is 0.309 e. The van der Waals surface area contributed by atoms with Crippen molar-refractivity contribution in [3.63, 3.8) is 0 Å². The zero-order chi connectivity index (χ0) is 18.0. The molecule has 0 spiro atoms. The van der Waals surface area contributed by atoms with E-state index in [1.807, 2.05) is 13.8 Å². The second-order valence-corrected chi connectivity index (χ2v) is 8.61. The number of carbonyl (C=O) groups is 2. The Labute approximate surface area is 149 Å². The Balaban J connectivity index is 1.36. The maximum atomic E-state index is 12.2. The number of ether oxygens (including phenoxy) is 3. The van der Waals surface area contributed by atoms with Gasteiger partial charge in [-0.15, -0.1) is 0 Å². The van der Waals surface area contributed by atoms with Crippen LogP contribution in [0.4, 0.5) is 0 Å². The second-order valence-electron chi connectivity index (χ2n) is 8.61. The summed E-state index contributed by atoms with van der Waals surface area (Å²) < 4.78 is 16.4. The number of esters is 2. The van der Waals surface area contributed by atoms with Crippen LogP contribution in [0.25, 0.3) is 0 Å². The van der Waals surface area contributed by atoms with Gasteiger partial charge in [0, 0.05) is 5.41 Å². The van der Waals surface area contributed by atoms with Gasteiger partial charge in [0.25, 0.3) is 0 Å². The summed E-state index contributed by atoms with van der Waals surface area (Å²) in [6.45, 7) is 4.34. The molecular weight excluding hydrogens is 324 g/mol. The molecule has 1 N–H and O–H groups in total. The van der Waals surface area contributed by atoms with Crippen LogP contribution in [0.5, 0.6) is 0 Å². The molecule has 0 radical (unpaired) electrons. The lowest BCUT2D eigenvalue weighted by molar-refractivity contribution is -0.159. The largest absolute Gasteiger partial charge is 0.465 e. The van der Waals surface area contributed by atoms with E-state index in [2.05, 4.69) is 0 Å². The highest BCUT2D eigenvalue weighted by Gasteiger charge is 2.46. The molecular formula is C19H30O6. The van der Waals surface area contributed by atoms with Crippen LogP contribution in [0, 0.1) is 17.3 Å². The smallest absolute Gasteiger partial charge is 0.309 e. The summed E-state index contributed by atoms with van der Waals surface area (Å²) in [5, 5.41) is 9.51. The third kappa shape index (κ3) is 5.17. The van der Waals surface area contributed by atoms with Gasteiger partial charge < -0.3 is 19.3 Å². The molecule has 0 bridgehead atoms. The predicted molar refractivity (Wildman–Crippen MR) is 89.7 cm³/mol. The van der Waals surface area contributed by atoms with Crippen molar-refractivity contribution in [2.24, 2.45) is 17.3 Å². The Morgan fingerprint density at radius 3 is 2.08 bits per heavy atom. The first-order valence-corrected chi connectivity index (χ1v) is 9.51. The molecule has 3 unspecified atom stereocenters. The Kier molecular flexibility index (Phi) is 5.68. The van der Waals surface area contributed by atoms with Crippen LogP contribution in [-0.4, -0.2) is 48.6 Å². The Hall–Kier alpha value is -1.14. The average Bonchev–Trinajstić information content (AvgIpc) is 3.37. The Morgan fingerprint density at radius 1 is 0.920 bits per heavy atom. The van der Waals surface area contributed by atoms with E-state index in [0.29, 0.717) is 31.8 Å². The fourth-order valence-corrected chi connectivity index (χ4v) is 3.74. The minimum atomic E-state index is -0.410. The summed E-state index contributed by atoms with van der Waals surface area (Å²) in [6, 6.07) is 0. The number of aliphatic hydroxyl groups is 1. The van der Waals surface area contributed by atoms with E-state index >= 15 is 0 Å². The number of aliphatic hydroxyl groups excluding tert-OH is 1. The first-order chi connectivity index (χ1) is 11.8. The Morgan fingerprint density at radius 2 is 1.48 bits per heavy atom. The van der Waals surface area contributed by atoms with E-state index in [-0.39, 0.29) is 49.2 Å². The van der Waals surface area contributed by atoms with Crippen LogP contribution in [-0.2, 0) is 23.8 Å². The van der Waals surface area contributed by atoms with E-state index in [1.54, 1.807) is 0 Å². The van der Waals surface area contributed by atoms with Gasteiger partial charge in [-0.2, -0.15) is 0 Å². The molecule has 0 aromatic heterocycles. The molecule has 2 saturated carbocycles. The van der Waals surface area contributed by atoms with Crippen LogP contribution >= 0.6 is 0 Å². The molecule has 1 aliphatic heterocycles. The molecule has 0 aromatic rings. The SMILES string of the molecule is CC(C)(COC(=O)C1CCC(O)CC1)COC(=O)C1CCC2OC2C1. The van der Waals surface area contributed by atoms with Gasteiger partial charge >= 0.3 is 11.9 Å². The lowest BCUT2D eigenvalue weighted by Crippen LogP contribution is -2.33. The van der Waals surface area contributed by atoms with Crippen LogP contribution in [0.15, 0.2) is 0 Å². The minimum absolute atomic E-state index is 0.0595. The highest BCUT2D eigenvalue weighted by Crippen LogP contribution is 2.40. The molecule has 3 atom stereocenters. The number of carbonyl (C=O) groups excluding carboxylic acids is 2. The zero-order valence-electron chi connectivity index (χ0n) is 15.2. The van der Waals surface area contributed by atoms with Gasteiger partial charge in [-0.3, -0.25) is 9.59 Å². The van der Waals surface area contributed by atoms with Gasteiger partial charge in [-0.05, 0) is 44.9 Å². The van der Waals surface area contributed by atoms with Crippen molar-refractivity contribution in [1.29, 1.82) is 0 Å². The molecule has 3 rings (SSSR count). The summed E-state index contributed by atoms with van der Waals surface area (Å²) in [5.74, 6) is -0.531. The molecule has 1 saturated heterocycles. The first-order valence-electron chi connectivity index (χ1n) is 9.51. The molecule has 0 aromatic carbocycles. The Bertz CT molecular complexity index is 494. The van der Waals surface area contributed by atoms with Crippen LogP contribution in [0.1, 0.15) is 58.8 Å². The van der Waals surface area contributed by atoms with E-state index in [1.165, 1.54) is 0 Å². The number of hydrogen-bond donors (Lipinski definition) is 1. The topological polar surface area (TPSA) is 85.4 Å². The summed E-state index contributed by atoms with van der Waals surface area (Å²) >= 11 is 0. The highest BCUT2D eigenvalue weighted by molar-refractivity contribution is 5.73. The molecule has 0 amide bonds. The van der Waals surface area contributed by atoms with Gasteiger partial charge in [-0.25, -0.2) is 0 Å². The quantitative estimate of drug-likeness (QED) is 0.581. The van der Waals surface area contributed by atoms with Crippen LogP contribution in [0.2, 0.25) is 0 Å². The van der Waals surface area contributed by atoms with Gasteiger partial charge in [0.2, 0.25) is 0 Å². The van der Waals surface area contributed by atoms with Crippen molar-refractivity contribution < 1.29 is 28.9 Å². The standard InChI is InChI=1S/C19H30O6/c1-19(2,10-23-17(21)12-3-6-14(20)7-4-12)11-24-18(22)13-5-8-15-16(9-13)25-15/h12-16,20H,3-11H2,1-2H3. The molecule has 3 fully saturated rings. The van der Waals surface area contributed by atoms with Gasteiger partial charge in [0.05, 0.1) is 43.4 Å². The fourth-order valence-electron chi connectivity index (χ4n) is 3.74. The minimum Gasteiger partial charge on any atom is -0.465 e. The summed E-state index contributed by atoms with van der Waals surface area (Å²) in [5.41, 5.74) is -0.410. The highest BCUT2D eigenvalue weighted by atomic mass is 16.6. The number of fused-ring (bicyclic) bond motifs is 1. The third-order valence-corrected chi connectivity index (χ3v) is 5.58. The third-order valence-electron chi connectivity index (χ3n) is 5.58. The van der Waals surface area contributed by atoms with E-state index in [9.17, 15) is 14.7 Å².